The van der Waals surface area contributed by atoms with Crippen LogP contribution in [0.3, 0.4) is 0 Å². The van der Waals surface area contributed by atoms with Gasteiger partial charge >= 0.3 is 0 Å². The monoisotopic (exact) mass is 253 g/mol. The van der Waals surface area contributed by atoms with Crippen LogP contribution < -0.4 is 10.1 Å². The van der Waals surface area contributed by atoms with E-state index >= 15 is 0 Å². The van der Waals surface area contributed by atoms with Crippen LogP contribution in [0.15, 0.2) is 18.2 Å². The second kappa shape index (κ2) is 8.09. The van der Waals surface area contributed by atoms with Gasteiger partial charge in [0.1, 0.15) is 11.6 Å². The average molecular weight is 253 g/mol. The zero-order valence-corrected chi connectivity index (χ0v) is 11.6. The minimum atomic E-state index is -0.232. The molecule has 0 heterocycles. The van der Waals surface area contributed by atoms with E-state index in [9.17, 15) is 4.39 Å². The molecule has 0 fully saturated rings. The van der Waals surface area contributed by atoms with Crippen molar-refractivity contribution in [2.45, 2.75) is 40.2 Å². The molecule has 1 atom stereocenters. The Balaban J connectivity index is 2.56. The quantitative estimate of drug-likeness (QED) is 0.712. The van der Waals surface area contributed by atoms with Gasteiger partial charge in [-0.1, -0.05) is 27.2 Å². The Morgan fingerprint density at radius 1 is 1.28 bits per heavy atom. The van der Waals surface area contributed by atoms with E-state index in [4.69, 9.17) is 4.74 Å². The van der Waals surface area contributed by atoms with Gasteiger partial charge in [-0.15, -0.1) is 0 Å². The van der Waals surface area contributed by atoms with Crippen LogP contribution in [0.2, 0.25) is 0 Å². The SMILES string of the molecule is CCCNCc1cc(F)cc(OCC(C)CC)c1. The molecule has 0 aliphatic rings. The standard InChI is InChI=1S/C15H24FNO/c1-4-6-17-10-13-7-14(16)9-15(8-13)18-11-12(3)5-2/h7-9,12,17H,4-6,10-11H2,1-3H3. The molecule has 1 N–H and O–H groups in total. The van der Waals surface area contributed by atoms with Gasteiger partial charge in [-0.25, -0.2) is 4.39 Å². The first kappa shape index (κ1) is 15.0. The van der Waals surface area contributed by atoms with Gasteiger partial charge in [0, 0.05) is 12.6 Å². The van der Waals surface area contributed by atoms with Crippen molar-refractivity contribution in [2.75, 3.05) is 13.2 Å². The highest BCUT2D eigenvalue weighted by molar-refractivity contribution is 5.29. The molecule has 1 unspecified atom stereocenters. The first-order valence-electron chi connectivity index (χ1n) is 6.78. The third kappa shape index (κ3) is 5.50. The van der Waals surface area contributed by atoms with Gasteiger partial charge in [0.15, 0.2) is 0 Å². The molecule has 0 bridgehead atoms. The van der Waals surface area contributed by atoms with Crippen LogP contribution in [-0.4, -0.2) is 13.2 Å². The molecule has 0 saturated heterocycles. The first-order valence-corrected chi connectivity index (χ1v) is 6.78. The lowest BCUT2D eigenvalue weighted by Gasteiger charge is -2.12. The zero-order chi connectivity index (χ0) is 13.4. The Labute approximate surface area is 110 Å². The Kier molecular flexibility index (Phi) is 6.73. The summed E-state index contributed by atoms with van der Waals surface area (Å²) < 4.78 is 19.1. The van der Waals surface area contributed by atoms with Crippen molar-refractivity contribution in [2.24, 2.45) is 5.92 Å². The van der Waals surface area contributed by atoms with Crippen LogP contribution in [0.1, 0.15) is 39.2 Å². The average Bonchev–Trinajstić information content (AvgIpc) is 2.35. The van der Waals surface area contributed by atoms with E-state index in [1.54, 1.807) is 6.07 Å². The molecule has 1 aromatic rings. The van der Waals surface area contributed by atoms with Gasteiger partial charge in [0.2, 0.25) is 0 Å². The third-order valence-corrected chi connectivity index (χ3v) is 2.92. The molecule has 0 spiro atoms. The number of ether oxygens (including phenoxy) is 1. The van der Waals surface area contributed by atoms with E-state index in [0.29, 0.717) is 24.8 Å². The lowest BCUT2D eigenvalue weighted by atomic mass is 10.1. The second-order valence-corrected chi connectivity index (χ2v) is 4.80. The molecule has 0 amide bonds. The summed E-state index contributed by atoms with van der Waals surface area (Å²) in [7, 11) is 0. The van der Waals surface area contributed by atoms with Crippen LogP contribution >= 0.6 is 0 Å². The van der Waals surface area contributed by atoms with Crippen molar-refractivity contribution in [3.05, 3.63) is 29.6 Å². The normalized spacial score (nSPS) is 12.4. The Bertz CT molecular complexity index is 354. The van der Waals surface area contributed by atoms with Gasteiger partial charge in [-0.2, -0.15) is 0 Å². The van der Waals surface area contributed by atoms with Crippen molar-refractivity contribution in [3.8, 4) is 5.75 Å². The summed E-state index contributed by atoms with van der Waals surface area (Å²) in [5.41, 5.74) is 0.933. The van der Waals surface area contributed by atoms with Crippen LogP contribution in [0.25, 0.3) is 0 Å². The van der Waals surface area contributed by atoms with E-state index in [0.717, 1.165) is 24.9 Å². The topological polar surface area (TPSA) is 21.3 Å². The summed E-state index contributed by atoms with van der Waals surface area (Å²) in [4.78, 5) is 0. The summed E-state index contributed by atoms with van der Waals surface area (Å²) in [6, 6.07) is 4.92. The van der Waals surface area contributed by atoms with Crippen molar-refractivity contribution in [1.82, 2.24) is 5.32 Å². The maximum atomic E-state index is 13.4. The van der Waals surface area contributed by atoms with E-state index in [1.165, 1.54) is 6.07 Å². The summed E-state index contributed by atoms with van der Waals surface area (Å²) in [6.45, 7) is 8.63. The van der Waals surface area contributed by atoms with Gasteiger partial charge in [0.05, 0.1) is 6.61 Å². The van der Waals surface area contributed by atoms with Gasteiger partial charge in [-0.05, 0) is 36.6 Å². The molecule has 0 aliphatic carbocycles. The molecular weight excluding hydrogens is 229 g/mol. The minimum absolute atomic E-state index is 0.232. The fourth-order valence-electron chi connectivity index (χ4n) is 1.57. The van der Waals surface area contributed by atoms with Crippen molar-refractivity contribution >= 4 is 0 Å². The fraction of sp³-hybridized carbons (Fsp3) is 0.600. The van der Waals surface area contributed by atoms with Gasteiger partial charge < -0.3 is 10.1 Å². The molecule has 1 rings (SSSR count). The molecule has 0 radical (unpaired) electrons. The molecule has 3 heteroatoms. The zero-order valence-electron chi connectivity index (χ0n) is 11.6. The van der Waals surface area contributed by atoms with Crippen molar-refractivity contribution in [3.63, 3.8) is 0 Å². The number of hydrogen-bond donors (Lipinski definition) is 1. The number of hydrogen-bond acceptors (Lipinski definition) is 2. The Hall–Kier alpha value is -1.09. The van der Waals surface area contributed by atoms with Gasteiger partial charge in [-0.3, -0.25) is 0 Å². The summed E-state index contributed by atoms with van der Waals surface area (Å²) in [5.74, 6) is 0.892. The fourth-order valence-corrected chi connectivity index (χ4v) is 1.57. The molecule has 18 heavy (non-hydrogen) atoms. The van der Waals surface area contributed by atoms with E-state index in [-0.39, 0.29) is 5.82 Å². The maximum Gasteiger partial charge on any atom is 0.127 e. The number of benzene rings is 1. The largest absolute Gasteiger partial charge is 0.493 e. The van der Waals surface area contributed by atoms with Crippen LogP contribution in [-0.2, 0) is 6.54 Å². The lowest BCUT2D eigenvalue weighted by Crippen LogP contribution is -2.14. The third-order valence-electron chi connectivity index (χ3n) is 2.92. The van der Waals surface area contributed by atoms with Crippen molar-refractivity contribution in [1.29, 1.82) is 0 Å². The summed E-state index contributed by atoms with van der Waals surface area (Å²) in [5, 5.41) is 3.26. The highest BCUT2D eigenvalue weighted by Gasteiger charge is 2.04. The minimum Gasteiger partial charge on any atom is -0.493 e. The Morgan fingerprint density at radius 3 is 2.72 bits per heavy atom. The lowest BCUT2D eigenvalue weighted by molar-refractivity contribution is 0.255. The molecule has 0 aliphatic heterocycles. The smallest absolute Gasteiger partial charge is 0.127 e. The molecule has 1 aromatic carbocycles. The summed E-state index contributed by atoms with van der Waals surface area (Å²) in [6.07, 6.45) is 2.15. The highest BCUT2D eigenvalue weighted by Crippen LogP contribution is 2.17. The predicted molar refractivity (Wildman–Crippen MR) is 73.3 cm³/mol. The van der Waals surface area contributed by atoms with E-state index in [1.807, 2.05) is 6.07 Å². The molecule has 0 aromatic heterocycles. The summed E-state index contributed by atoms with van der Waals surface area (Å²) >= 11 is 0. The van der Waals surface area contributed by atoms with E-state index < -0.39 is 0 Å². The van der Waals surface area contributed by atoms with Gasteiger partial charge in [0.25, 0.3) is 0 Å². The first-order chi connectivity index (χ1) is 8.65. The highest BCUT2D eigenvalue weighted by atomic mass is 19.1. The maximum absolute atomic E-state index is 13.4. The van der Waals surface area contributed by atoms with Crippen LogP contribution in [0, 0.1) is 11.7 Å². The molecule has 0 saturated carbocycles. The number of rotatable bonds is 8. The van der Waals surface area contributed by atoms with Crippen LogP contribution in [0.5, 0.6) is 5.75 Å². The molecular formula is C15H24FNO. The number of halogens is 1. The molecule has 2 nitrogen and oxygen atoms in total. The molecule has 102 valence electrons. The number of nitrogens with one attached hydrogen (secondary N) is 1. The Morgan fingerprint density at radius 2 is 2.06 bits per heavy atom. The van der Waals surface area contributed by atoms with Crippen LogP contribution in [0.4, 0.5) is 4.39 Å². The predicted octanol–water partition coefficient (Wildman–Crippen LogP) is 3.75. The van der Waals surface area contributed by atoms with E-state index in [2.05, 4.69) is 26.1 Å². The second-order valence-electron chi connectivity index (χ2n) is 4.80. The van der Waals surface area contributed by atoms with Crippen molar-refractivity contribution < 1.29 is 9.13 Å².